The van der Waals surface area contributed by atoms with E-state index in [2.05, 4.69) is 39.0 Å². The summed E-state index contributed by atoms with van der Waals surface area (Å²) in [5.74, 6) is 1.31. The second-order valence-corrected chi connectivity index (χ2v) is 6.02. The molecule has 0 aliphatic heterocycles. The first-order valence-corrected chi connectivity index (χ1v) is 7.94. The summed E-state index contributed by atoms with van der Waals surface area (Å²) in [4.78, 5) is 0. The molecular formula is C18H30O. The van der Waals surface area contributed by atoms with Gasteiger partial charge in [-0.15, -0.1) is 0 Å². The number of aryl methyl sites for hydroxylation is 2. The normalized spacial score (nSPS) is 11.2. The van der Waals surface area contributed by atoms with Crippen LogP contribution in [-0.2, 0) is 12.8 Å². The van der Waals surface area contributed by atoms with Gasteiger partial charge in [-0.25, -0.2) is 0 Å². The van der Waals surface area contributed by atoms with E-state index in [1.165, 1.54) is 38.5 Å². The third-order valence-electron chi connectivity index (χ3n) is 3.73. The molecular weight excluding hydrogens is 232 g/mol. The zero-order valence-corrected chi connectivity index (χ0v) is 12.9. The molecule has 1 aromatic rings. The highest BCUT2D eigenvalue weighted by Crippen LogP contribution is 2.26. The van der Waals surface area contributed by atoms with Crippen LogP contribution in [0.2, 0.25) is 0 Å². The summed E-state index contributed by atoms with van der Waals surface area (Å²) in [6, 6.07) is 6.25. The van der Waals surface area contributed by atoms with Crippen LogP contribution in [0.1, 0.15) is 70.4 Å². The van der Waals surface area contributed by atoms with E-state index in [1.807, 2.05) is 0 Å². The number of unbranched alkanes of at least 4 members (excludes halogenated alkanes) is 3. The molecule has 0 aliphatic rings. The lowest BCUT2D eigenvalue weighted by Crippen LogP contribution is -1.94. The van der Waals surface area contributed by atoms with E-state index in [0.717, 1.165) is 29.9 Å². The van der Waals surface area contributed by atoms with Crippen LogP contribution < -0.4 is 0 Å². The van der Waals surface area contributed by atoms with Crippen molar-refractivity contribution in [3.05, 3.63) is 29.3 Å². The smallest absolute Gasteiger partial charge is 0.121 e. The summed E-state index contributed by atoms with van der Waals surface area (Å²) in [5.41, 5.74) is 2.27. The average Bonchev–Trinajstić information content (AvgIpc) is 2.38. The number of phenols is 1. The molecule has 0 heterocycles. The van der Waals surface area contributed by atoms with Gasteiger partial charge < -0.3 is 5.11 Å². The molecule has 1 heteroatoms. The van der Waals surface area contributed by atoms with E-state index >= 15 is 0 Å². The summed E-state index contributed by atoms with van der Waals surface area (Å²) >= 11 is 0. The standard InChI is InChI=1S/C18H30O/c1-4-5-6-7-11-16-13-9-14-17(18(16)19)12-8-10-15(2)3/h9,13-15,19H,4-8,10-12H2,1-3H3. The van der Waals surface area contributed by atoms with Crippen LogP contribution in [0.3, 0.4) is 0 Å². The molecule has 0 radical (unpaired) electrons. The molecule has 1 aromatic carbocycles. The van der Waals surface area contributed by atoms with Crippen molar-refractivity contribution in [2.75, 3.05) is 0 Å². The average molecular weight is 262 g/mol. The number of benzene rings is 1. The maximum atomic E-state index is 10.3. The van der Waals surface area contributed by atoms with Crippen LogP contribution in [0.15, 0.2) is 18.2 Å². The minimum absolute atomic E-state index is 0.558. The highest BCUT2D eigenvalue weighted by Gasteiger charge is 2.07. The molecule has 108 valence electrons. The molecule has 0 atom stereocenters. The molecule has 1 N–H and O–H groups in total. The van der Waals surface area contributed by atoms with E-state index in [4.69, 9.17) is 0 Å². The molecule has 0 unspecified atom stereocenters. The van der Waals surface area contributed by atoms with E-state index in [-0.39, 0.29) is 0 Å². The van der Waals surface area contributed by atoms with Crippen LogP contribution in [0.4, 0.5) is 0 Å². The largest absolute Gasteiger partial charge is 0.507 e. The van der Waals surface area contributed by atoms with Gasteiger partial charge in [0.1, 0.15) is 5.75 Å². The van der Waals surface area contributed by atoms with E-state index in [0.29, 0.717) is 5.75 Å². The van der Waals surface area contributed by atoms with Crippen LogP contribution >= 0.6 is 0 Å². The first-order valence-electron chi connectivity index (χ1n) is 7.94. The third-order valence-corrected chi connectivity index (χ3v) is 3.73. The lowest BCUT2D eigenvalue weighted by Gasteiger charge is -2.10. The molecule has 0 bridgehead atoms. The molecule has 0 amide bonds. The monoisotopic (exact) mass is 262 g/mol. The molecule has 0 aliphatic carbocycles. The Bertz CT molecular complexity index is 355. The van der Waals surface area contributed by atoms with Crippen LogP contribution in [-0.4, -0.2) is 5.11 Å². The fourth-order valence-electron chi connectivity index (χ4n) is 2.49. The molecule has 0 spiro atoms. The molecule has 0 aromatic heterocycles. The molecule has 1 rings (SSSR count). The number of aromatic hydroxyl groups is 1. The maximum Gasteiger partial charge on any atom is 0.121 e. The fourth-order valence-corrected chi connectivity index (χ4v) is 2.49. The number of hydrogen-bond donors (Lipinski definition) is 1. The zero-order chi connectivity index (χ0) is 14.1. The van der Waals surface area contributed by atoms with Gasteiger partial charge >= 0.3 is 0 Å². The Kier molecular flexibility index (Phi) is 7.62. The van der Waals surface area contributed by atoms with Gasteiger partial charge in [0.05, 0.1) is 0 Å². The topological polar surface area (TPSA) is 20.2 Å². The van der Waals surface area contributed by atoms with E-state index in [1.54, 1.807) is 0 Å². The summed E-state index contributed by atoms with van der Waals surface area (Å²) in [6.07, 6.45) is 9.46. The van der Waals surface area contributed by atoms with Crippen molar-refractivity contribution in [1.82, 2.24) is 0 Å². The second-order valence-electron chi connectivity index (χ2n) is 6.02. The van der Waals surface area contributed by atoms with Crippen molar-refractivity contribution in [3.63, 3.8) is 0 Å². The van der Waals surface area contributed by atoms with Gasteiger partial charge in [-0.05, 0) is 42.7 Å². The zero-order valence-electron chi connectivity index (χ0n) is 12.9. The minimum Gasteiger partial charge on any atom is -0.507 e. The Balaban J connectivity index is 2.49. The van der Waals surface area contributed by atoms with Crippen molar-refractivity contribution in [2.45, 2.75) is 72.1 Å². The predicted octanol–water partition coefficient (Wildman–Crippen LogP) is 5.49. The van der Waals surface area contributed by atoms with Gasteiger partial charge in [0.25, 0.3) is 0 Å². The summed E-state index contributed by atoms with van der Waals surface area (Å²) < 4.78 is 0. The molecule has 0 saturated carbocycles. The fraction of sp³-hybridized carbons (Fsp3) is 0.667. The summed E-state index contributed by atoms with van der Waals surface area (Å²) in [6.45, 7) is 6.74. The van der Waals surface area contributed by atoms with Crippen LogP contribution in [0.5, 0.6) is 5.75 Å². The third kappa shape index (κ3) is 6.13. The van der Waals surface area contributed by atoms with Crippen molar-refractivity contribution >= 4 is 0 Å². The first kappa shape index (κ1) is 16.1. The van der Waals surface area contributed by atoms with Crippen molar-refractivity contribution in [2.24, 2.45) is 5.92 Å². The van der Waals surface area contributed by atoms with Crippen molar-refractivity contribution < 1.29 is 5.11 Å². The Labute approximate surface area is 119 Å². The highest BCUT2D eigenvalue weighted by atomic mass is 16.3. The Morgan fingerprint density at radius 3 is 2.16 bits per heavy atom. The highest BCUT2D eigenvalue weighted by molar-refractivity contribution is 5.40. The maximum absolute atomic E-state index is 10.3. The van der Waals surface area contributed by atoms with E-state index in [9.17, 15) is 5.11 Å². The number of hydrogen-bond acceptors (Lipinski definition) is 1. The van der Waals surface area contributed by atoms with Gasteiger partial charge in [-0.3, -0.25) is 0 Å². The predicted molar refractivity (Wildman–Crippen MR) is 83.7 cm³/mol. The second kappa shape index (κ2) is 9.01. The van der Waals surface area contributed by atoms with Gasteiger partial charge in [0, 0.05) is 0 Å². The number of rotatable bonds is 9. The van der Waals surface area contributed by atoms with Crippen LogP contribution in [0, 0.1) is 5.92 Å². The Hall–Kier alpha value is -0.980. The molecule has 19 heavy (non-hydrogen) atoms. The van der Waals surface area contributed by atoms with Gasteiger partial charge in [-0.2, -0.15) is 0 Å². The molecule has 0 saturated heterocycles. The first-order chi connectivity index (χ1) is 9.15. The quantitative estimate of drug-likeness (QED) is 0.583. The van der Waals surface area contributed by atoms with Gasteiger partial charge in [0.15, 0.2) is 0 Å². The minimum atomic E-state index is 0.558. The van der Waals surface area contributed by atoms with Gasteiger partial charge in [0.2, 0.25) is 0 Å². The van der Waals surface area contributed by atoms with Crippen molar-refractivity contribution in [1.29, 1.82) is 0 Å². The number of phenolic OH excluding ortho intramolecular Hbond substituents is 1. The van der Waals surface area contributed by atoms with E-state index < -0.39 is 0 Å². The summed E-state index contributed by atoms with van der Waals surface area (Å²) in [7, 11) is 0. The Morgan fingerprint density at radius 1 is 0.947 bits per heavy atom. The van der Waals surface area contributed by atoms with Crippen molar-refractivity contribution in [3.8, 4) is 5.75 Å². The molecule has 1 nitrogen and oxygen atoms in total. The Morgan fingerprint density at radius 2 is 1.58 bits per heavy atom. The summed E-state index contributed by atoms with van der Waals surface area (Å²) in [5, 5.41) is 10.3. The van der Waals surface area contributed by atoms with Crippen LogP contribution in [0.25, 0.3) is 0 Å². The lowest BCUT2D eigenvalue weighted by atomic mass is 9.98. The molecule has 0 fully saturated rings. The van der Waals surface area contributed by atoms with Gasteiger partial charge in [-0.1, -0.05) is 64.7 Å². The number of para-hydroxylation sites is 1. The SMILES string of the molecule is CCCCCCc1cccc(CCCC(C)C)c1O. The lowest BCUT2D eigenvalue weighted by molar-refractivity contribution is 0.455.